The molecule has 6 heteroatoms. The molecule has 0 unspecified atom stereocenters. The van der Waals surface area contributed by atoms with Gasteiger partial charge in [-0.15, -0.1) is 0 Å². The number of halogens is 4. The van der Waals surface area contributed by atoms with E-state index in [0.29, 0.717) is 12.1 Å². The highest BCUT2D eigenvalue weighted by molar-refractivity contribution is 14.1. The van der Waals surface area contributed by atoms with E-state index in [0.717, 1.165) is 0 Å². The minimum Gasteiger partial charge on any atom is -0.484 e. The number of alkyl halides is 3. The summed E-state index contributed by atoms with van der Waals surface area (Å²) >= 11 is 1.92. The van der Waals surface area contributed by atoms with E-state index in [2.05, 4.69) is 8.27 Å². The summed E-state index contributed by atoms with van der Waals surface area (Å²) in [6, 6.07) is 6.64. The molecular weight excluding hydrogens is 322 g/mol. The van der Waals surface area contributed by atoms with Crippen LogP contribution < -0.4 is 8.27 Å². The van der Waals surface area contributed by atoms with Crippen molar-refractivity contribution in [3.63, 3.8) is 0 Å². The third-order valence-corrected chi connectivity index (χ3v) is 2.00. The largest absolute Gasteiger partial charge is 0.484 e. The van der Waals surface area contributed by atoms with Gasteiger partial charge in [-0.2, -0.15) is 13.2 Å². The lowest BCUT2D eigenvalue weighted by molar-refractivity contribution is -0.153. The van der Waals surface area contributed by atoms with Crippen molar-refractivity contribution in [2.75, 3.05) is 6.61 Å². The molecule has 0 atom stereocenters. The van der Waals surface area contributed by atoms with Crippen molar-refractivity contribution in [1.82, 2.24) is 3.53 Å². The van der Waals surface area contributed by atoms with Crippen molar-refractivity contribution in [3.05, 3.63) is 29.8 Å². The van der Waals surface area contributed by atoms with Crippen molar-refractivity contribution in [3.8, 4) is 5.75 Å². The number of benzene rings is 1. The molecule has 0 aromatic heterocycles. The van der Waals surface area contributed by atoms with E-state index < -0.39 is 12.8 Å². The Labute approximate surface area is 99.3 Å². The first-order chi connectivity index (χ1) is 7.03. The Morgan fingerprint density at radius 3 is 2.53 bits per heavy atom. The van der Waals surface area contributed by atoms with Gasteiger partial charge in [-0.25, -0.2) is 0 Å². The molecule has 0 spiro atoms. The smallest absolute Gasteiger partial charge is 0.422 e. The molecule has 0 radical (unpaired) electrons. The van der Waals surface area contributed by atoms with Crippen molar-refractivity contribution in [1.29, 1.82) is 0 Å². The Morgan fingerprint density at radius 1 is 1.27 bits per heavy atom. The molecule has 0 fully saturated rings. The topological polar surface area (TPSA) is 21.3 Å². The molecule has 1 aromatic rings. The van der Waals surface area contributed by atoms with Gasteiger partial charge in [-0.05, 0) is 6.07 Å². The van der Waals surface area contributed by atoms with Gasteiger partial charge in [-0.1, -0.05) is 18.2 Å². The fourth-order valence-corrected chi connectivity index (χ4v) is 1.43. The minimum absolute atomic E-state index is 0.263. The minimum atomic E-state index is -4.30. The summed E-state index contributed by atoms with van der Waals surface area (Å²) in [5, 5.41) is 0. The predicted octanol–water partition coefficient (Wildman–Crippen LogP) is 3.07. The second-order valence-corrected chi connectivity index (χ2v) is 3.58. The third-order valence-electron chi connectivity index (χ3n) is 1.62. The molecule has 0 amide bonds. The standard InChI is InChI=1S/C9H9F3INO/c10-9(11,12)6-15-8-4-2-1-3-7(8)5-14-13/h1-4,14H,5-6H2. The van der Waals surface area contributed by atoms with Crippen LogP contribution in [0, 0.1) is 0 Å². The van der Waals surface area contributed by atoms with Gasteiger partial charge >= 0.3 is 6.18 Å². The summed E-state index contributed by atoms with van der Waals surface area (Å²) in [7, 11) is 0. The molecule has 0 aliphatic rings. The van der Waals surface area contributed by atoms with Crippen LogP contribution in [0.5, 0.6) is 5.75 Å². The predicted molar refractivity (Wildman–Crippen MR) is 58.9 cm³/mol. The highest BCUT2D eigenvalue weighted by atomic mass is 127. The van der Waals surface area contributed by atoms with Crippen molar-refractivity contribution >= 4 is 22.9 Å². The van der Waals surface area contributed by atoms with Crippen LogP contribution >= 0.6 is 22.9 Å². The second-order valence-electron chi connectivity index (χ2n) is 2.82. The van der Waals surface area contributed by atoms with Crippen LogP contribution in [0.2, 0.25) is 0 Å². The van der Waals surface area contributed by atoms with Gasteiger partial charge in [0.1, 0.15) is 5.75 Å². The van der Waals surface area contributed by atoms with Crippen LogP contribution in [-0.2, 0) is 6.54 Å². The van der Waals surface area contributed by atoms with Gasteiger partial charge in [0.15, 0.2) is 6.61 Å². The Hall–Kier alpha value is -0.500. The molecule has 1 rings (SSSR count). The van der Waals surface area contributed by atoms with Gasteiger partial charge in [-0.3, -0.25) is 3.53 Å². The normalized spacial score (nSPS) is 11.5. The molecule has 84 valence electrons. The molecule has 0 saturated carbocycles. The van der Waals surface area contributed by atoms with E-state index in [4.69, 9.17) is 0 Å². The van der Waals surface area contributed by atoms with Crippen molar-refractivity contribution in [2.24, 2.45) is 0 Å². The highest BCUT2D eigenvalue weighted by Gasteiger charge is 2.28. The number of ether oxygens (including phenoxy) is 1. The van der Waals surface area contributed by atoms with Crippen LogP contribution in [0.1, 0.15) is 5.56 Å². The lowest BCUT2D eigenvalue weighted by Crippen LogP contribution is -2.20. The second kappa shape index (κ2) is 5.55. The summed E-state index contributed by atoms with van der Waals surface area (Å²) in [5.74, 6) is 0.263. The van der Waals surface area contributed by atoms with Crippen molar-refractivity contribution in [2.45, 2.75) is 12.7 Å². The summed E-state index contributed by atoms with van der Waals surface area (Å²) in [4.78, 5) is 0. The summed E-state index contributed by atoms with van der Waals surface area (Å²) in [5.41, 5.74) is 0.705. The molecule has 0 bridgehead atoms. The van der Waals surface area contributed by atoms with E-state index in [1.807, 2.05) is 22.9 Å². The molecule has 0 aliphatic heterocycles. The number of hydrogen-bond donors (Lipinski definition) is 1. The maximum Gasteiger partial charge on any atom is 0.422 e. The monoisotopic (exact) mass is 331 g/mol. The number of para-hydroxylation sites is 1. The molecular formula is C9H9F3INO. The Morgan fingerprint density at radius 2 is 1.93 bits per heavy atom. The fraction of sp³-hybridized carbons (Fsp3) is 0.333. The summed E-state index contributed by atoms with van der Waals surface area (Å²) < 4.78 is 43.3. The summed E-state index contributed by atoms with van der Waals surface area (Å²) in [6.45, 7) is -0.792. The molecule has 0 saturated heterocycles. The zero-order valence-corrected chi connectivity index (χ0v) is 9.80. The number of rotatable bonds is 4. The van der Waals surface area contributed by atoms with E-state index in [9.17, 15) is 13.2 Å². The van der Waals surface area contributed by atoms with Crippen LogP contribution in [0.25, 0.3) is 0 Å². The quantitative estimate of drug-likeness (QED) is 0.676. The van der Waals surface area contributed by atoms with Gasteiger partial charge in [0.05, 0.1) is 0 Å². The Kier molecular flexibility index (Phi) is 4.65. The van der Waals surface area contributed by atoms with Crippen molar-refractivity contribution < 1.29 is 17.9 Å². The van der Waals surface area contributed by atoms with Crippen LogP contribution in [0.4, 0.5) is 13.2 Å². The van der Waals surface area contributed by atoms with E-state index in [1.165, 1.54) is 6.07 Å². The van der Waals surface area contributed by atoms with E-state index in [1.54, 1.807) is 18.2 Å². The van der Waals surface area contributed by atoms with Gasteiger partial charge in [0, 0.05) is 35.0 Å². The maximum absolute atomic E-state index is 11.9. The van der Waals surface area contributed by atoms with Gasteiger partial charge in [0.25, 0.3) is 0 Å². The zero-order valence-electron chi connectivity index (χ0n) is 7.64. The maximum atomic E-state index is 11.9. The average Bonchev–Trinajstić information content (AvgIpc) is 2.16. The lowest BCUT2D eigenvalue weighted by atomic mass is 10.2. The first-order valence-electron chi connectivity index (χ1n) is 4.14. The molecule has 1 aromatic carbocycles. The first kappa shape index (κ1) is 12.6. The van der Waals surface area contributed by atoms with Gasteiger partial charge < -0.3 is 4.74 Å². The number of nitrogens with one attached hydrogen (secondary N) is 1. The Bertz CT molecular complexity index is 316. The lowest BCUT2D eigenvalue weighted by Gasteiger charge is -2.12. The summed E-state index contributed by atoms with van der Waals surface area (Å²) in [6.07, 6.45) is -4.30. The highest BCUT2D eigenvalue weighted by Crippen LogP contribution is 2.22. The first-order valence-corrected chi connectivity index (χ1v) is 5.22. The molecule has 0 heterocycles. The van der Waals surface area contributed by atoms with Crippen LogP contribution in [0.15, 0.2) is 24.3 Å². The van der Waals surface area contributed by atoms with Gasteiger partial charge in [0.2, 0.25) is 0 Å². The fourth-order valence-electron chi connectivity index (χ4n) is 1.02. The van der Waals surface area contributed by atoms with Crippen LogP contribution in [-0.4, -0.2) is 12.8 Å². The van der Waals surface area contributed by atoms with E-state index >= 15 is 0 Å². The van der Waals surface area contributed by atoms with E-state index in [-0.39, 0.29) is 5.75 Å². The molecule has 0 aliphatic carbocycles. The SMILES string of the molecule is FC(F)(F)COc1ccccc1CNI. The molecule has 2 nitrogen and oxygen atoms in total. The zero-order chi connectivity index (χ0) is 11.3. The number of hydrogen-bond acceptors (Lipinski definition) is 2. The average molecular weight is 331 g/mol. The Balaban J connectivity index is 2.67. The molecule has 1 N–H and O–H groups in total. The van der Waals surface area contributed by atoms with Crippen LogP contribution in [0.3, 0.4) is 0 Å². The third kappa shape index (κ3) is 4.70. The molecule has 15 heavy (non-hydrogen) atoms.